The molecule has 16 heavy (non-hydrogen) atoms. The van der Waals surface area contributed by atoms with E-state index in [0.29, 0.717) is 6.10 Å². The van der Waals surface area contributed by atoms with Crippen molar-refractivity contribution in [1.29, 1.82) is 0 Å². The molecule has 0 amide bonds. The van der Waals surface area contributed by atoms with E-state index in [1.54, 1.807) is 0 Å². The molecule has 1 rings (SSSR count). The van der Waals surface area contributed by atoms with Crippen LogP contribution in [0.2, 0.25) is 0 Å². The van der Waals surface area contributed by atoms with Gasteiger partial charge in [0.25, 0.3) is 0 Å². The highest BCUT2D eigenvalue weighted by Gasteiger charge is 2.13. The van der Waals surface area contributed by atoms with E-state index in [1.165, 1.54) is 17.5 Å². The molecule has 1 aromatic carbocycles. The van der Waals surface area contributed by atoms with Crippen molar-refractivity contribution >= 4 is 15.9 Å². The molecule has 0 bridgehead atoms. The molecule has 0 aliphatic heterocycles. The first-order valence-electron chi connectivity index (χ1n) is 5.95. The standard InChI is InChI=1S/C14H21BrO/c1-4-5-12(3)16-14(10-15)13-8-6-11(2)7-9-13/h6-9,12,14H,4-5,10H2,1-3H3. The van der Waals surface area contributed by atoms with Crippen molar-refractivity contribution < 1.29 is 4.74 Å². The van der Waals surface area contributed by atoms with Gasteiger partial charge in [0.1, 0.15) is 0 Å². The van der Waals surface area contributed by atoms with Crippen molar-refractivity contribution in [3.8, 4) is 0 Å². The van der Waals surface area contributed by atoms with Crippen LogP contribution >= 0.6 is 15.9 Å². The predicted octanol–water partition coefficient (Wildman–Crippen LogP) is 4.64. The van der Waals surface area contributed by atoms with Crippen molar-refractivity contribution in [2.75, 3.05) is 5.33 Å². The van der Waals surface area contributed by atoms with Gasteiger partial charge in [-0.1, -0.05) is 59.1 Å². The van der Waals surface area contributed by atoms with Crippen LogP contribution in [0.1, 0.15) is 43.9 Å². The summed E-state index contributed by atoms with van der Waals surface area (Å²) in [5, 5.41) is 0.851. The Bertz CT molecular complexity index is 294. The van der Waals surface area contributed by atoms with E-state index in [4.69, 9.17) is 4.74 Å². The Morgan fingerprint density at radius 1 is 1.25 bits per heavy atom. The Morgan fingerprint density at radius 2 is 1.88 bits per heavy atom. The van der Waals surface area contributed by atoms with Crippen LogP contribution in [0.4, 0.5) is 0 Å². The highest BCUT2D eigenvalue weighted by Crippen LogP contribution is 2.23. The predicted molar refractivity (Wildman–Crippen MR) is 73.2 cm³/mol. The van der Waals surface area contributed by atoms with Crippen LogP contribution in [0.5, 0.6) is 0 Å². The summed E-state index contributed by atoms with van der Waals surface area (Å²) < 4.78 is 6.02. The number of ether oxygens (including phenoxy) is 1. The summed E-state index contributed by atoms with van der Waals surface area (Å²) in [6, 6.07) is 8.58. The third-order valence-corrected chi connectivity index (χ3v) is 3.27. The fourth-order valence-electron chi connectivity index (χ4n) is 1.74. The summed E-state index contributed by atoms with van der Waals surface area (Å²) in [6.07, 6.45) is 2.79. The van der Waals surface area contributed by atoms with Crippen molar-refractivity contribution in [2.45, 2.75) is 45.8 Å². The maximum Gasteiger partial charge on any atom is 0.0925 e. The lowest BCUT2D eigenvalue weighted by atomic mass is 10.1. The van der Waals surface area contributed by atoms with Gasteiger partial charge in [-0.15, -0.1) is 0 Å². The van der Waals surface area contributed by atoms with E-state index < -0.39 is 0 Å². The van der Waals surface area contributed by atoms with Gasteiger partial charge in [-0.05, 0) is 25.8 Å². The van der Waals surface area contributed by atoms with Gasteiger partial charge in [-0.25, -0.2) is 0 Å². The molecule has 0 spiro atoms. The molecule has 0 fully saturated rings. The lowest BCUT2D eigenvalue weighted by molar-refractivity contribution is 0.00589. The first-order valence-corrected chi connectivity index (χ1v) is 7.07. The molecule has 0 aliphatic carbocycles. The minimum absolute atomic E-state index is 0.169. The highest BCUT2D eigenvalue weighted by molar-refractivity contribution is 9.09. The Morgan fingerprint density at radius 3 is 2.38 bits per heavy atom. The van der Waals surface area contributed by atoms with Crippen molar-refractivity contribution in [3.05, 3.63) is 35.4 Å². The monoisotopic (exact) mass is 284 g/mol. The summed E-state index contributed by atoms with van der Waals surface area (Å²) in [5.41, 5.74) is 2.55. The van der Waals surface area contributed by atoms with E-state index in [2.05, 4.69) is 61.0 Å². The largest absolute Gasteiger partial charge is 0.370 e. The number of hydrogen-bond donors (Lipinski definition) is 0. The molecule has 0 radical (unpaired) electrons. The topological polar surface area (TPSA) is 9.23 Å². The average Bonchev–Trinajstić information content (AvgIpc) is 2.27. The summed E-state index contributed by atoms with van der Waals surface area (Å²) >= 11 is 3.53. The minimum atomic E-state index is 0.169. The Kier molecular flexibility index (Phi) is 6.07. The molecular formula is C14H21BrO. The maximum atomic E-state index is 6.02. The molecule has 0 saturated heterocycles. The van der Waals surface area contributed by atoms with Crippen LogP contribution < -0.4 is 0 Å². The van der Waals surface area contributed by atoms with E-state index in [-0.39, 0.29) is 6.10 Å². The quantitative estimate of drug-likeness (QED) is 0.692. The van der Waals surface area contributed by atoms with Crippen LogP contribution in [0, 0.1) is 6.92 Å². The number of alkyl halides is 1. The summed E-state index contributed by atoms with van der Waals surface area (Å²) in [6.45, 7) is 6.44. The first kappa shape index (κ1) is 13.7. The van der Waals surface area contributed by atoms with E-state index in [0.717, 1.165) is 11.8 Å². The Labute approximate surface area is 107 Å². The second-order valence-electron chi connectivity index (χ2n) is 4.29. The highest BCUT2D eigenvalue weighted by atomic mass is 79.9. The normalized spacial score (nSPS) is 14.8. The van der Waals surface area contributed by atoms with Gasteiger partial charge in [0.2, 0.25) is 0 Å². The number of aryl methyl sites for hydroxylation is 1. The molecule has 2 atom stereocenters. The van der Waals surface area contributed by atoms with Crippen LogP contribution in [0.15, 0.2) is 24.3 Å². The number of hydrogen-bond acceptors (Lipinski definition) is 1. The summed E-state index contributed by atoms with van der Waals surface area (Å²) in [4.78, 5) is 0. The third kappa shape index (κ3) is 4.26. The molecule has 0 aromatic heterocycles. The van der Waals surface area contributed by atoms with Crippen LogP contribution in [0.25, 0.3) is 0 Å². The van der Waals surface area contributed by atoms with Gasteiger partial charge in [-0.3, -0.25) is 0 Å². The van der Waals surface area contributed by atoms with Gasteiger partial charge < -0.3 is 4.74 Å². The molecule has 0 heterocycles. The summed E-state index contributed by atoms with van der Waals surface area (Å²) in [5.74, 6) is 0. The fraction of sp³-hybridized carbons (Fsp3) is 0.571. The van der Waals surface area contributed by atoms with Crippen LogP contribution in [0.3, 0.4) is 0 Å². The van der Waals surface area contributed by atoms with Gasteiger partial charge in [0.05, 0.1) is 12.2 Å². The van der Waals surface area contributed by atoms with E-state index in [9.17, 15) is 0 Å². The zero-order chi connectivity index (χ0) is 12.0. The zero-order valence-electron chi connectivity index (χ0n) is 10.4. The average molecular weight is 285 g/mol. The molecule has 0 aliphatic rings. The van der Waals surface area contributed by atoms with Crippen molar-refractivity contribution in [1.82, 2.24) is 0 Å². The molecular weight excluding hydrogens is 264 g/mol. The molecule has 1 aromatic rings. The first-order chi connectivity index (χ1) is 7.67. The zero-order valence-corrected chi connectivity index (χ0v) is 12.0. The van der Waals surface area contributed by atoms with Gasteiger partial charge >= 0.3 is 0 Å². The molecule has 0 N–H and O–H groups in total. The van der Waals surface area contributed by atoms with Gasteiger partial charge in [0.15, 0.2) is 0 Å². The molecule has 0 saturated carbocycles. The SMILES string of the molecule is CCCC(C)OC(CBr)c1ccc(C)cc1. The van der Waals surface area contributed by atoms with Crippen LogP contribution in [-0.4, -0.2) is 11.4 Å². The Hall–Kier alpha value is -0.340. The van der Waals surface area contributed by atoms with Gasteiger partial charge in [0, 0.05) is 5.33 Å². The van der Waals surface area contributed by atoms with E-state index >= 15 is 0 Å². The van der Waals surface area contributed by atoms with E-state index in [1.807, 2.05) is 0 Å². The molecule has 2 heteroatoms. The minimum Gasteiger partial charge on any atom is -0.370 e. The van der Waals surface area contributed by atoms with Crippen molar-refractivity contribution in [3.63, 3.8) is 0 Å². The lowest BCUT2D eigenvalue weighted by Crippen LogP contribution is -2.14. The summed E-state index contributed by atoms with van der Waals surface area (Å²) in [7, 11) is 0. The number of rotatable bonds is 6. The second kappa shape index (κ2) is 7.08. The lowest BCUT2D eigenvalue weighted by Gasteiger charge is -2.21. The molecule has 1 nitrogen and oxygen atoms in total. The number of benzene rings is 1. The third-order valence-electron chi connectivity index (χ3n) is 2.68. The Balaban J connectivity index is 2.63. The second-order valence-corrected chi connectivity index (χ2v) is 4.94. The van der Waals surface area contributed by atoms with Gasteiger partial charge in [-0.2, -0.15) is 0 Å². The molecule has 90 valence electrons. The smallest absolute Gasteiger partial charge is 0.0925 e. The number of halogens is 1. The fourth-order valence-corrected chi connectivity index (χ4v) is 2.27. The maximum absolute atomic E-state index is 6.02. The molecule has 2 unspecified atom stereocenters. The van der Waals surface area contributed by atoms with Crippen molar-refractivity contribution in [2.24, 2.45) is 0 Å². The van der Waals surface area contributed by atoms with Crippen LogP contribution in [-0.2, 0) is 4.74 Å².